The van der Waals surface area contributed by atoms with E-state index >= 15 is 0 Å². The molecule has 1 amide bonds. The van der Waals surface area contributed by atoms with Crippen molar-refractivity contribution in [3.8, 4) is 0 Å². The molecule has 0 aromatic heterocycles. The van der Waals surface area contributed by atoms with Crippen LogP contribution in [0.25, 0.3) is 0 Å². The topological polar surface area (TPSA) is 86.3 Å². The highest BCUT2D eigenvalue weighted by molar-refractivity contribution is 5.86. The highest BCUT2D eigenvalue weighted by atomic mass is 16.4. The van der Waals surface area contributed by atoms with Crippen LogP contribution in [-0.4, -0.2) is 23.7 Å². The van der Waals surface area contributed by atoms with Crippen LogP contribution in [0.1, 0.15) is 59.3 Å². The van der Waals surface area contributed by atoms with Crippen molar-refractivity contribution in [1.82, 2.24) is 5.32 Å². The fourth-order valence-electron chi connectivity index (χ4n) is 3.13. The molecule has 23 heavy (non-hydrogen) atoms. The van der Waals surface area contributed by atoms with Crippen LogP contribution in [0.5, 0.6) is 0 Å². The number of allylic oxidation sites excluding steroid dienone is 2. The lowest BCUT2D eigenvalue weighted by Crippen LogP contribution is -2.48. The third kappa shape index (κ3) is 6.55. The second kappa shape index (κ2) is 9.48. The fraction of sp³-hybridized carbons (Fsp3) is 0.722. The molecule has 130 valence electrons. The van der Waals surface area contributed by atoms with E-state index in [-0.39, 0.29) is 35.9 Å². The summed E-state index contributed by atoms with van der Waals surface area (Å²) in [6, 6.07) is -0.960. The third-order valence-corrected chi connectivity index (χ3v) is 4.31. The number of rotatable bonds is 9. The average molecular weight is 322 g/mol. The lowest BCUT2D eigenvalue weighted by molar-refractivity contribution is -0.308. The van der Waals surface area contributed by atoms with Crippen molar-refractivity contribution >= 4 is 17.7 Å². The number of ketones is 1. The molecular formula is C18H28NO4-. The van der Waals surface area contributed by atoms with Gasteiger partial charge in [0.1, 0.15) is 5.78 Å². The first-order valence-corrected chi connectivity index (χ1v) is 8.53. The van der Waals surface area contributed by atoms with Crippen LogP contribution in [-0.2, 0) is 14.4 Å². The quantitative estimate of drug-likeness (QED) is 0.653. The van der Waals surface area contributed by atoms with Crippen LogP contribution in [0.4, 0.5) is 0 Å². The van der Waals surface area contributed by atoms with E-state index in [1.54, 1.807) is 0 Å². The van der Waals surface area contributed by atoms with Gasteiger partial charge in [0.15, 0.2) is 0 Å². The molecule has 1 unspecified atom stereocenters. The van der Waals surface area contributed by atoms with Crippen LogP contribution in [0.15, 0.2) is 12.2 Å². The zero-order valence-electron chi connectivity index (χ0n) is 14.3. The first-order chi connectivity index (χ1) is 10.8. The average Bonchev–Trinajstić information content (AvgIpc) is 2.79. The molecule has 3 atom stereocenters. The summed E-state index contributed by atoms with van der Waals surface area (Å²) in [6.07, 6.45) is 7.39. The number of nitrogens with one attached hydrogen (secondary N) is 1. The van der Waals surface area contributed by atoms with E-state index in [9.17, 15) is 19.5 Å². The van der Waals surface area contributed by atoms with Gasteiger partial charge in [0.05, 0.1) is 12.0 Å². The lowest BCUT2D eigenvalue weighted by Gasteiger charge is -2.23. The Hall–Kier alpha value is -1.65. The number of amides is 1. The zero-order chi connectivity index (χ0) is 17.4. The van der Waals surface area contributed by atoms with Gasteiger partial charge in [-0.05, 0) is 37.5 Å². The molecule has 1 saturated carbocycles. The second-order valence-corrected chi connectivity index (χ2v) is 6.76. The summed E-state index contributed by atoms with van der Waals surface area (Å²) in [4.78, 5) is 35.2. The Morgan fingerprint density at radius 1 is 1.35 bits per heavy atom. The van der Waals surface area contributed by atoms with Crippen LogP contribution >= 0.6 is 0 Å². The number of carbonyl (C=O) groups is 3. The summed E-state index contributed by atoms with van der Waals surface area (Å²) in [5.74, 6) is -1.30. The molecular weight excluding hydrogens is 294 g/mol. The van der Waals surface area contributed by atoms with E-state index in [0.717, 1.165) is 6.42 Å². The van der Waals surface area contributed by atoms with Gasteiger partial charge in [0.2, 0.25) is 5.91 Å². The smallest absolute Gasteiger partial charge is 0.220 e. The first kappa shape index (κ1) is 19.4. The molecule has 5 heteroatoms. The lowest BCUT2D eigenvalue weighted by atomic mass is 9.89. The van der Waals surface area contributed by atoms with Crippen LogP contribution in [0, 0.1) is 17.8 Å². The van der Waals surface area contributed by atoms with Gasteiger partial charge in [-0.2, -0.15) is 0 Å². The molecule has 5 nitrogen and oxygen atoms in total. The monoisotopic (exact) mass is 322 g/mol. The maximum atomic E-state index is 12.1. The predicted octanol–water partition coefficient (Wildman–Crippen LogP) is 1.61. The van der Waals surface area contributed by atoms with Gasteiger partial charge in [-0.25, -0.2) is 0 Å². The molecule has 1 aliphatic carbocycles. The highest BCUT2D eigenvalue weighted by Crippen LogP contribution is 2.34. The van der Waals surface area contributed by atoms with Gasteiger partial charge >= 0.3 is 0 Å². The molecule has 0 aromatic carbocycles. The van der Waals surface area contributed by atoms with Crippen molar-refractivity contribution in [3.63, 3.8) is 0 Å². The van der Waals surface area contributed by atoms with E-state index < -0.39 is 12.0 Å². The second-order valence-electron chi connectivity index (χ2n) is 6.76. The Morgan fingerprint density at radius 2 is 2.04 bits per heavy atom. The van der Waals surface area contributed by atoms with Crippen molar-refractivity contribution in [2.45, 2.75) is 65.3 Å². The van der Waals surface area contributed by atoms with Gasteiger partial charge in [-0.15, -0.1) is 0 Å². The summed E-state index contributed by atoms with van der Waals surface area (Å²) in [5.41, 5.74) is 0. The minimum atomic E-state index is -1.25. The minimum absolute atomic E-state index is 0.00506. The van der Waals surface area contributed by atoms with Crippen molar-refractivity contribution in [3.05, 3.63) is 12.2 Å². The van der Waals surface area contributed by atoms with Gasteiger partial charge in [0.25, 0.3) is 0 Å². The number of hydrogen-bond acceptors (Lipinski definition) is 4. The molecule has 0 aliphatic heterocycles. The molecule has 0 radical (unpaired) electrons. The number of carboxylic acid groups (broad SMARTS) is 1. The number of aliphatic carboxylic acids is 1. The summed E-state index contributed by atoms with van der Waals surface area (Å²) in [7, 11) is 0. The Bertz CT molecular complexity index is 456. The van der Waals surface area contributed by atoms with Crippen molar-refractivity contribution in [2.75, 3.05) is 0 Å². The summed E-state index contributed by atoms with van der Waals surface area (Å²) >= 11 is 0. The molecule has 1 rings (SSSR count). The Labute approximate surface area is 138 Å². The number of hydrogen-bond donors (Lipinski definition) is 1. The number of carboxylic acids is 1. The zero-order valence-corrected chi connectivity index (χ0v) is 14.3. The standard InChI is InChI=1S/C18H29NO4/c1-4-5-6-7-14-13(8-9-16(14)20)11-17(21)19-15(18(22)23)10-12(2)3/h5-6,12-15H,4,7-11H2,1-3H3,(H,19,21)(H,22,23)/p-1/b6-5-/t13-,14-,15?/m1/s1. The van der Waals surface area contributed by atoms with E-state index in [4.69, 9.17) is 0 Å². The third-order valence-electron chi connectivity index (χ3n) is 4.31. The maximum absolute atomic E-state index is 12.1. The van der Waals surface area contributed by atoms with Gasteiger partial charge in [-0.1, -0.05) is 32.9 Å². The molecule has 1 fully saturated rings. The molecule has 1 N–H and O–H groups in total. The van der Waals surface area contributed by atoms with Crippen LogP contribution in [0.3, 0.4) is 0 Å². The van der Waals surface area contributed by atoms with E-state index in [1.165, 1.54) is 0 Å². The number of Topliss-reactive ketones (excluding diaryl/α,β-unsaturated/α-hetero) is 1. The normalized spacial score (nSPS) is 22.7. The molecule has 0 aromatic rings. The van der Waals surface area contributed by atoms with Crippen molar-refractivity contribution in [1.29, 1.82) is 0 Å². The molecule has 0 saturated heterocycles. The van der Waals surface area contributed by atoms with Gasteiger partial charge in [-0.3, -0.25) is 9.59 Å². The fourth-order valence-corrected chi connectivity index (χ4v) is 3.13. The summed E-state index contributed by atoms with van der Waals surface area (Å²) in [5, 5.41) is 13.7. The summed E-state index contributed by atoms with van der Waals surface area (Å²) in [6.45, 7) is 5.83. The molecule has 1 aliphatic rings. The molecule has 0 bridgehead atoms. The van der Waals surface area contributed by atoms with Crippen LogP contribution < -0.4 is 10.4 Å². The summed E-state index contributed by atoms with van der Waals surface area (Å²) < 4.78 is 0. The van der Waals surface area contributed by atoms with E-state index in [0.29, 0.717) is 25.7 Å². The predicted molar refractivity (Wildman–Crippen MR) is 86.3 cm³/mol. The first-order valence-electron chi connectivity index (χ1n) is 8.53. The van der Waals surface area contributed by atoms with Crippen LogP contribution in [0.2, 0.25) is 0 Å². The Morgan fingerprint density at radius 3 is 2.61 bits per heavy atom. The SMILES string of the molecule is CC/C=C\C[C@H]1C(=O)CC[C@@H]1CC(=O)NC(CC(C)C)C(=O)[O-]. The van der Waals surface area contributed by atoms with Gasteiger partial charge in [0, 0.05) is 18.8 Å². The van der Waals surface area contributed by atoms with Crippen molar-refractivity contribution < 1.29 is 19.5 Å². The van der Waals surface area contributed by atoms with E-state index in [1.807, 2.05) is 32.9 Å². The molecule has 0 spiro atoms. The molecule has 0 heterocycles. The largest absolute Gasteiger partial charge is 0.548 e. The Kier molecular flexibility index (Phi) is 8.00. The Balaban J connectivity index is 2.58. The van der Waals surface area contributed by atoms with Crippen molar-refractivity contribution in [2.24, 2.45) is 17.8 Å². The minimum Gasteiger partial charge on any atom is -0.548 e. The van der Waals surface area contributed by atoms with E-state index in [2.05, 4.69) is 5.32 Å². The van der Waals surface area contributed by atoms with Gasteiger partial charge < -0.3 is 15.2 Å². The number of carbonyl (C=O) groups excluding carboxylic acids is 3. The maximum Gasteiger partial charge on any atom is 0.220 e. The highest BCUT2D eigenvalue weighted by Gasteiger charge is 2.35.